The number of nitriles is 1. The Hall–Kier alpha value is -4.90. The van der Waals surface area contributed by atoms with Crippen LogP contribution in [-0.2, 0) is 14.4 Å². The molecule has 37 heavy (non-hydrogen) atoms. The van der Waals surface area contributed by atoms with Gasteiger partial charge in [0.1, 0.15) is 17.3 Å². The molecule has 0 bridgehead atoms. The second kappa shape index (κ2) is 9.99. The summed E-state index contributed by atoms with van der Waals surface area (Å²) >= 11 is 0. The van der Waals surface area contributed by atoms with Crippen LogP contribution in [0.4, 0.5) is 5.69 Å². The number of aliphatic hydroxyl groups excluding tert-OH is 1. The SMILES string of the molecule is COc1c(C)cc(C)cc1/C(O)=C1\C(=O)C(=O)N(c2ccc(C#N)cc2)C1c1cccc(OC(C)=O)c1. The van der Waals surface area contributed by atoms with Crippen LogP contribution in [0.2, 0.25) is 0 Å². The summed E-state index contributed by atoms with van der Waals surface area (Å²) in [5.74, 6) is -2.05. The molecule has 1 N–H and O–H groups in total. The first-order valence-corrected chi connectivity index (χ1v) is 11.4. The van der Waals surface area contributed by atoms with Crippen molar-refractivity contribution in [1.29, 1.82) is 5.26 Å². The van der Waals surface area contributed by atoms with E-state index in [9.17, 15) is 24.8 Å². The Labute approximate surface area is 214 Å². The summed E-state index contributed by atoms with van der Waals surface area (Å²) in [4.78, 5) is 39.7. The fourth-order valence-electron chi connectivity index (χ4n) is 4.57. The molecule has 3 aromatic rings. The third-order valence-electron chi connectivity index (χ3n) is 6.03. The van der Waals surface area contributed by atoms with E-state index in [1.807, 2.05) is 26.0 Å². The van der Waals surface area contributed by atoms with Crippen LogP contribution in [0.25, 0.3) is 5.76 Å². The van der Waals surface area contributed by atoms with Gasteiger partial charge in [-0.3, -0.25) is 19.3 Å². The number of Topliss-reactive ketones (excluding diaryl/α,β-unsaturated/α-hetero) is 1. The lowest BCUT2D eigenvalue weighted by molar-refractivity contribution is -0.132. The molecule has 1 unspecified atom stereocenters. The first kappa shape index (κ1) is 25.2. The highest BCUT2D eigenvalue weighted by molar-refractivity contribution is 6.51. The molecule has 8 heteroatoms. The molecule has 0 spiro atoms. The number of hydrogen-bond donors (Lipinski definition) is 1. The fraction of sp³-hybridized carbons (Fsp3) is 0.172. The monoisotopic (exact) mass is 496 g/mol. The Morgan fingerprint density at radius 1 is 1.05 bits per heavy atom. The molecule has 0 aromatic heterocycles. The quantitative estimate of drug-likeness (QED) is 0.178. The number of ether oxygens (including phenoxy) is 2. The van der Waals surface area contributed by atoms with Gasteiger partial charge < -0.3 is 14.6 Å². The maximum absolute atomic E-state index is 13.5. The van der Waals surface area contributed by atoms with E-state index in [-0.39, 0.29) is 22.6 Å². The lowest BCUT2D eigenvalue weighted by Gasteiger charge is -2.26. The van der Waals surface area contributed by atoms with Crippen LogP contribution in [-0.4, -0.2) is 29.9 Å². The molecule has 3 aromatic carbocycles. The minimum absolute atomic E-state index is 0.141. The minimum Gasteiger partial charge on any atom is -0.507 e. The van der Waals surface area contributed by atoms with Crippen LogP contribution < -0.4 is 14.4 Å². The van der Waals surface area contributed by atoms with Gasteiger partial charge in [-0.05, 0) is 73.0 Å². The first-order chi connectivity index (χ1) is 17.7. The fourth-order valence-corrected chi connectivity index (χ4v) is 4.57. The molecular formula is C29H24N2O6. The van der Waals surface area contributed by atoms with Crippen molar-refractivity contribution in [2.24, 2.45) is 0 Å². The normalized spacial score (nSPS) is 16.4. The highest BCUT2D eigenvalue weighted by atomic mass is 16.5. The van der Waals surface area contributed by atoms with Gasteiger partial charge in [-0.1, -0.05) is 18.2 Å². The Bertz CT molecular complexity index is 1500. The second-order valence-corrected chi connectivity index (χ2v) is 8.66. The van der Waals surface area contributed by atoms with Crippen molar-refractivity contribution >= 4 is 29.1 Å². The zero-order valence-corrected chi connectivity index (χ0v) is 20.7. The van der Waals surface area contributed by atoms with Crippen molar-refractivity contribution in [3.8, 4) is 17.6 Å². The number of ketones is 1. The highest BCUT2D eigenvalue weighted by Gasteiger charge is 2.47. The number of carbonyl (C=O) groups is 3. The third-order valence-corrected chi connectivity index (χ3v) is 6.03. The number of amides is 1. The maximum atomic E-state index is 13.5. The number of nitrogens with zero attached hydrogens (tertiary/aromatic N) is 2. The number of carbonyl (C=O) groups excluding carboxylic acids is 3. The lowest BCUT2D eigenvalue weighted by atomic mass is 9.93. The molecule has 186 valence electrons. The van der Waals surface area contributed by atoms with Gasteiger partial charge in [-0.2, -0.15) is 5.26 Å². The molecule has 0 radical (unpaired) electrons. The summed E-state index contributed by atoms with van der Waals surface area (Å²) in [5, 5.41) is 20.7. The maximum Gasteiger partial charge on any atom is 0.308 e. The summed E-state index contributed by atoms with van der Waals surface area (Å²) in [6.07, 6.45) is 0. The van der Waals surface area contributed by atoms with E-state index < -0.39 is 23.7 Å². The number of esters is 1. The summed E-state index contributed by atoms with van der Waals surface area (Å²) < 4.78 is 10.7. The van der Waals surface area contributed by atoms with Crippen molar-refractivity contribution < 1.29 is 29.0 Å². The van der Waals surface area contributed by atoms with Crippen LogP contribution in [0.5, 0.6) is 11.5 Å². The van der Waals surface area contributed by atoms with Crippen LogP contribution in [0.15, 0.2) is 66.2 Å². The largest absolute Gasteiger partial charge is 0.507 e. The van der Waals surface area contributed by atoms with Crippen LogP contribution in [0.1, 0.15) is 40.8 Å². The molecule has 0 saturated carbocycles. The van der Waals surface area contributed by atoms with E-state index in [0.717, 1.165) is 11.1 Å². The topological polar surface area (TPSA) is 117 Å². The van der Waals surface area contributed by atoms with Crippen molar-refractivity contribution in [1.82, 2.24) is 0 Å². The molecule has 1 aliphatic heterocycles. The van der Waals surface area contributed by atoms with Gasteiger partial charge in [-0.25, -0.2) is 0 Å². The smallest absolute Gasteiger partial charge is 0.308 e. The van der Waals surface area contributed by atoms with E-state index in [1.165, 1.54) is 31.1 Å². The molecule has 0 aliphatic carbocycles. The number of aliphatic hydroxyl groups is 1. The summed E-state index contributed by atoms with van der Waals surface area (Å²) in [7, 11) is 1.46. The zero-order valence-electron chi connectivity index (χ0n) is 20.7. The van der Waals surface area contributed by atoms with Gasteiger partial charge in [0.15, 0.2) is 0 Å². The van der Waals surface area contributed by atoms with Gasteiger partial charge in [0.2, 0.25) is 0 Å². The van der Waals surface area contributed by atoms with Crippen LogP contribution in [0.3, 0.4) is 0 Å². The molecule has 1 fully saturated rings. The lowest BCUT2D eigenvalue weighted by Crippen LogP contribution is -2.29. The molecule has 1 amide bonds. The van der Waals surface area contributed by atoms with Crippen LogP contribution >= 0.6 is 0 Å². The van der Waals surface area contributed by atoms with Crippen molar-refractivity contribution in [3.63, 3.8) is 0 Å². The first-order valence-electron chi connectivity index (χ1n) is 11.4. The van der Waals surface area contributed by atoms with E-state index in [2.05, 4.69) is 0 Å². The average molecular weight is 497 g/mol. The summed E-state index contributed by atoms with van der Waals surface area (Å²) in [6.45, 7) is 4.93. The van der Waals surface area contributed by atoms with E-state index >= 15 is 0 Å². The third kappa shape index (κ3) is 4.67. The average Bonchev–Trinajstić information content (AvgIpc) is 3.13. The van der Waals surface area contributed by atoms with Gasteiger partial charge in [-0.15, -0.1) is 0 Å². The van der Waals surface area contributed by atoms with Crippen molar-refractivity contribution in [2.75, 3.05) is 12.0 Å². The Morgan fingerprint density at radius 3 is 2.38 bits per heavy atom. The van der Waals surface area contributed by atoms with Gasteiger partial charge in [0.05, 0.1) is 35.9 Å². The number of benzene rings is 3. The standard InChI is InChI=1S/C29H24N2O6/c1-16-12-17(2)28(36-4)23(13-16)26(33)24-25(20-6-5-7-22(14-20)37-18(3)32)31(29(35)27(24)34)21-10-8-19(15-30)9-11-21/h5-14,25,33H,1-4H3/b26-24+. The van der Waals surface area contributed by atoms with Crippen molar-refractivity contribution in [3.05, 3.63) is 94.1 Å². The number of rotatable bonds is 5. The predicted molar refractivity (Wildman–Crippen MR) is 136 cm³/mol. The van der Waals surface area contributed by atoms with Crippen LogP contribution in [0, 0.1) is 25.2 Å². The van der Waals surface area contributed by atoms with E-state index in [1.54, 1.807) is 42.5 Å². The minimum atomic E-state index is -1.05. The Kier molecular flexibility index (Phi) is 6.81. The molecule has 1 saturated heterocycles. The number of hydrogen-bond acceptors (Lipinski definition) is 7. The number of methoxy groups -OCH3 is 1. The Morgan fingerprint density at radius 2 is 1.76 bits per heavy atom. The van der Waals surface area contributed by atoms with Crippen molar-refractivity contribution in [2.45, 2.75) is 26.8 Å². The van der Waals surface area contributed by atoms with Gasteiger partial charge in [0.25, 0.3) is 11.7 Å². The molecule has 1 heterocycles. The summed E-state index contributed by atoms with van der Waals surface area (Å²) in [5.41, 5.74) is 2.89. The predicted octanol–water partition coefficient (Wildman–Crippen LogP) is 4.74. The zero-order chi connectivity index (χ0) is 26.9. The molecule has 8 nitrogen and oxygen atoms in total. The van der Waals surface area contributed by atoms with E-state index in [4.69, 9.17) is 9.47 Å². The van der Waals surface area contributed by atoms with Gasteiger partial charge >= 0.3 is 5.97 Å². The second-order valence-electron chi connectivity index (χ2n) is 8.66. The van der Waals surface area contributed by atoms with Gasteiger partial charge in [0, 0.05) is 12.6 Å². The number of anilines is 1. The van der Waals surface area contributed by atoms with E-state index in [0.29, 0.717) is 22.6 Å². The number of aryl methyl sites for hydroxylation is 2. The molecule has 1 atom stereocenters. The summed E-state index contributed by atoms with van der Waals surface area (Å²) in [6, 6.07) is 17.1. The molecular weight excluding hydrogens is 472 g/mol. The Balaban J connectivity index is 2.00. The highest BCUT2D eigenvalue weighted by Crippen LogP contribution is 2.44. The molecule has 4 rings (SSSR count). The molecule has 1 aliphatic rings.